The summed E-state index contributed by atoms with van der Waals surface area (Å²) in [6.45, 7) is 1.77. The van der Waals surface area contributed by atoms with E-state index in [1.165, 1.54) is 39.3 Å². The average molecular weight is 450 g/mol. The van der Waals surface area contributed by atoms with Gasteiger partial charge in [-0.1, -0.05) is 0 Å². The van der Waals surface area contributed by atoms with Crippen molar-refractivity contribution >= 4 is 44.0 Å². The normalized spacial score (nSPS) is 30.2. The van der Waals surface area contributed by atoms with Gasteiger partial charge in [-0.25, -0.2) is 0 Å². The predicted octanol–water partition coefficient (Wildman–Crippen LogP) is -0.983. The van der Waals surface area contributed by atoms with Gasteiger partial charge in [-0.05, 0) is 19.8 Å². The van der Waals surface area contributed by atoms with Crippen molar-refractivity contribution in [3.05, 3.63) is 12.2 Å². The van der Waals surface area contributed by atoms with Crippen molar-refractivity contribution in [3.63, 3.8) is 0 Å². The van der Waals surface area contributed by atoms with E-state index in [1.807, 2.05) is 0 Å². The molecule has 0 radical (unpaired) electrons. The number of hydrogen-bond acceptors (Lipinski definition) is 6. The molecule has 0 aromatic heterocycles. The molecule has 0 aliphatic carbocycles. The van der Waals surface area contributed by atoms with Gasteiger partial charge in [0.2, 0.25) is 15.6 Å². The number of ketones is 1. The number of aliphatic hydroxyl groups is 2. The summed E-state index contributed by atoms with van der Waals surface area (Å²) >= 11 is 1.54. The molecule has 0 bridgehead atoms. The number of aliphatic hydroxyl groups excluding tert-OH is 2. The summed E-state index contributed by atoms with van der Waals surface area (Å²) in [5.74, 6) is -1.41. The molecule has 2 fully saturated rings. The number of carbonyl (C=O) groups excluding carboxylic acids is 4. The summed E-state index contributed by atoms with van der Waals surface area (Å²) in [7, 11) is 0. The van der Waals surface area contributed by atoms with Crippen LogP contribution in [0.5, 0.6) is 0 Å². The highest BCUT2D eigenvalue weighted by Crippen LogP contribution is 2.22. The SMILES string of the molecule is CC(=O)C1C(O)CCN1C(=O)/C=C/C(=O)N1CCC(O)C1C(=O)I. The number of hydrogen-bond donors (Lipinski definition) is 2. The van der Waals surface area contributed by atoms with Gasteiger partial charge in [-0.3, -0.25) is 19.2 Å². The minimum atomic E-state index is -0.906. The molecular weight excluding hydrogens is 431 g/mol. The topological polar surface area (TPSA) is 115 Å². The predicted molar refractivity (Wildman–Crippen MR) is 91.1 cm³/mol. The Morgan fingerprint density at radius 2 is 1.33 bits per heavy atom. The maximum atomic E-state index is 12.2. The number of nitrogens with zero attached hydrogens (tertiary/aromatic N) is 2. The smallest absolute Gasteiger partial charge is 0.247 e. The van der Waals surface area contributed by atoms with Crippen LogP contribution in [0, 0.1) is 0 Å². The molecule has 8 nitrogen and oxygen atoms in total. The second kappa shape index (κ2) is 7.70. The molecule has 2 rings (SSSR count). The summed E-state index contributed by atoms with van der Waals surface area (Å²) in [6, 6.07) is -1.80. The van der Waals surface area contributed by atoms with E-state index in [0.29, 0.717) is 12.8 Å². The summed E-state index contributed by atoms with van der Waals surface area (Å²) in [6.07, 6.45) is 0.882. The Kier molecular flexibility index (Phi) is 6.10. The molecular formula is C15H19IN2O6. The lowest BCUT2D eigenvalue weighted by molar-refractivity contribution is -0.135. The molecule has 4 atom stereocenters. The Labute approximate surface area is 152 Å². The average Bonchev–Trinajstić information content (AvgIpc) is 3.07. The number of halogens is 1. The van der Waals surface area contributed by atoms with Gasteiger partial charge in [0.1, 0.15) is 12.1 Å². The molecule has 2 aliphatic heterocycles. The molecule has 0 aromatic rings. The van der Waals surface area contributed by atoms with E-state index in [-0.39, 0.29) is 22.7 Å². The molecule has 0 saturated carbocycles. The fraction of sp³-hybridized carbons (Fsp3) is 0.600. The van der Waals surface area contributed by atoms with E-state index < -0.39 is 36.1 Å². The van der Waals surface area contributed by atoms with Crippen LogP contribution in [-0.2, 0) is 19.2 Å². The molecule has 4 unspecified atom stereocenters. The molecule has 2 saturated heterocycles. The van der Waals surface area contributed by atoms with E-state index in [1.54, 1.807) is 0 Å². The van der Waals surface area contributed by atoms with E-state index >= 15 is 0 Å². The minimum absolute atomic E-state index is 0.233. The fourth-order valence-corrected chi connectivity index (χ4v) is 3.90. The Morgan fingerprint density at radius 1 is 0.917 bits per heavy atom. The van der Waals surface area contributed by atoms with Crippen molar-refractivity contribution in [2.24, 2.45) is 0 Å². The quantitative estimate of drug-likeness (QED) is 0.323. The van der Waals surface area contributed by atoms with Crippen LogP contribution in [0.15, 0.2) is 12.2 Å². The van der Waals surface area contributed by atoms with Crippen LogP contribution in [0.25, 0.3) is 0 Å². The summed E-state index contributed by atoms with van der Waals surface area (Å²) < 4.78 is -0.343. The zero-order valence-corrected chi connectivity index (χ0v) is 15.2. The van der Waals surface area contributed by atoms with Crippen molar-refractivity contribution in [3.8, 4) is 0 Å². The summed E-state index contributed by atoms with van der Waals surface area (Å²) in [5, 5.41) is 19.5. The Bertz CT molecular complexity index is 543. The molecule has 2 N–H and O–H groups in total. The number of rotatable bonds is 4. The van der Waals surface area contributed by atoms with E-state index in [9.17, 15) is 29.4 Å². The standard InChI is InChI=1S/C15H19IN2O6/c1-8(19)13-9(20)4-6-17(13)11(22)2-3-12(23)18-7-5-10(21)14(18)15(16)24/h2-3,9-10,13-14,20-21H,4-7H2,1H3/b3-2+. The van der Waals surface area contributed by atoms with E-state index in [4.69, 9.17) is 0 Å². The third-order valence-corrected chi connectivity index (χ3v) is 4.95. The summed E-state index contributed by atoms with van der Waals surface area (Å²) in [4.78, 5) is 49.9. The van der Waals surface area contributed by atoms with Gasteiger partial charge >= 0.3 is 0 Å². The lowest BCUT2D eigenvalue weighted by atomic mass is 10.1. The van der Waals surface area contributed by atoms with Crippen LogP contribution in [-0.4, -0.2) is 78.8 Å². The third kappa shape index (κ3) is 3.83. The highest BCUT2D eigenvalue weighted by molar-refractivity contribution is 14.1. The first-order valence-electron chi connectivity index (χ1n) is 7.59. The molecule has 24 heavy (non-hydrogen) atoms. The lowest BCUT2D eigenvalue weighted by Crippen LogP contribution is -2.44. The van der Waals surface area contributed by atoms with Crippen LogP contribution in [0.3, 0.4) is 0 Å². The third-order valence-electron chi connectivity index (χ3n) is 4.32. The zero-order chi connectivity index (χ0) is 18.0. The van der Waals surface area contributed by atoms with Crippen molar-refractivity contribution in [2.45, 2.75) is 44.1 Å². The molecule has 2 heterocycles. The number of likely N-dealkylation sites (tertiary alicyclic amines) is 2. The van der Waals surface area contributed by atoms with E-state index in [2.05, 4.69) is 0 Å². The van der Waals surface area contributed by atoms with Gasteiger partial charge in [-0.2, -0.15) is 0 Å². The molecule has 2 amide bonds. The van der Waals surface area contributed by atoms with Crippen LogP contribution in [0.1, 0.15) is 19.8 Å². The Morgan fingerprint density at radius 3 is 1.75 bits per heavy atom. The van der Waals surface area contributed by atoms with Gasteiger partial charge in [0.15, 0.2) is 5.78 Å². The second-order valence-corrected chi connectivity index (χ2v) is 6.98. The van der Waals surface area contributed by atoms with Gasteiger partial charge in [0.05, 0.1) is 12.2 Å². The first-order chi connectivity index (χ1) is 11.2. The largest absolute Gasteiger partial charge is 0.390 e. The van der Waals surface area contributed by atoms with Crippen LogP contribution >= 0.6 is 22.6 Å². The highest BCUT2D eigenvalue weighted by Gasteiger charge is 2.40. The van der Waals surface area contributed by atoms with Crippen LogP contribution in [0.2, 0.25) is 0 Å². The van der Waals surface area contributed by atoms with Crippen molar-refractivity contribution in [2.75, 3.05) is 13.1 Å². The molecule has 9 heteroatoms. The Hall–Kier alpha value is -1.33. The number of carbonyl (C=O) groups is 4. The fourth-order valence-electron chi connectivity index (χ4n) is 3.14. The lowest BCUT2D eigenvalue weighted by Gasteiger charge is -2.23. The van der Waals surface area contributed by atoms with Gasteiger partial charge in [-0.15, -0.1) is 0 Å². The van der Waals surface area contributed by atoms with Crippen molar-refractivity contribution in [1.82, 2.24) is 9.80 Å². The van der Waals surface area contributed by atoms with Gasteiger partial charge in [0, 0.05) is 47.8 Å². The summed E-state index contributed by atoms with van der Waals surface area (Å²) in [5.41, 5.74) is 0. The molecule has 0 spiro atoms. The van der Waals surface area contributed by atoms with Crippen molar-refractivity contribution in [1.29, 1.82) is 0 Å². The minimum Gasteiger partial charge on any atom is -0.390 e. The van der Waals surface area contributed by atoms with Gasteiger partial charge in [0.25, 0.3) is 0 Å². The van der Waals surface area contributed by atoms with E-state index in [0.717, 1.165) is 12.2 Å². The first kappa shape index (κ1) is 19.0. The van der Waals surface area contributed by atoms with Crippen molar-refractivity contribution < 1.29 is 29.4 Å². The molecule has 2 aliphatic rings. The Balaban J connectivity index is 2.05. The maximum absolute atomic E-state index is 12.2. The van der Waals surface area contributed by atoms with Crippen LogP contribution < -0.4 is 0 Å². The monoisotopic (exact) mass is 450 g/mol. The highest BCUT2D eigenvalue weighted by atomic mass is 127. The van der Waals surface area contributed by atoms with Crippen LogP contribution in [0.4, 0.5) is 0 Å². The number of Topliss-reactive ketones (excluding diaryl/α,β-unsaturated/α-hetero) is 1. The number of amides is 2. The molecule has 132 valence electrons. The zero-order valence-electron chi connectivity index (χ0n) is 13.1. The van der Waals surface area contributed by atoms with Gasteiger partial charge < -0.3 is 20.0 Å². The second-order valence-electron chi connectivity index (χ2n) is 5.91. The maximum Gasteiger partial charge on any atom is 0.247 e. The first-order valence-corrected chi connectivity index (χ1v) is 8.67. The molecule has 0 aromatic carbocycles.